The smallest absolute Gasteiger partial charge is 0.303 e. The van der Waals surface area contributed by atoms with Gasteiger partial charge in [-0.25, -0.2) is 0 Å². The first-order valence-electron chi connectivity index (χ1n) is 7.07. The van der Waals surface area contributed by atoms with Gasteiger partial charge in [-0.15, -0.1) is 0 Å². The summed E-state index contributed by atoms with van der Waals surface area (Å²) >= 11 is 0. The highest BCUT2D eigenvalue weighted by atomic mass is 16.4. The summed E-state index contributed by atoms with van der Waals surface area (Å²) in [6, 6.07) is 13.9. The van der Waals surface area contributed by atoms with E-state index in [9.17, 15) is 10.1 Å². The van der Waals surface area contributed by atoms with Crippen molar-refractivity contribution in [1.29, 1.82) is 5.26 Å². The normalized spacial score (nSPS) is 17.9. The van der Waals surface area contributed by atoms with Gasteiger partial charge in [-0.1, -0.05) is 24.3 Å². The van der Waals surface area contributed by atoms with Crippen molar-refractivity contribution in [2.75, 3.05) is 18.0 Å². The Morgan fingerprint density at radius 3 is 2.76 bits per heavy atom. The summed E-state index contributed by atoms with van der Waals surface area (Å²) in [6.45, 7) is 1.63. The molecule has 0 spiro atoms. The topological polar surface area (TPSA) is 64.3 Å². The molecule has 3 rings (SSSR count). The van der Waals surface area contributed by atoms with Gasteiger partial charge in [0.05, 0.1) is 11.6 Å². The monoisotopic (exact) mass is 280 g/mol. The average Bonchev–Trinajstić information content (AvgIpc) is 2.93. The van der Waals surface area contributed by atoms with Gasteiger partial charge in [-0.2, -0.15) is 5.26 Å². The third-order valence-corrected chi connectivity index (χ3v) is 4.11. The van der Waals surface area contributed by atoms with E-state index < -0.39 is 5.97 Å². The Morgan fingerprint density at radius 2 is 2.05 bits per heavy atom. The first-order valence-corrected chi connectivity index (χ1v) is 7.07. The summed E-state index contributed by atoms with van der Waals surface area (Å²) in [4.78, 5) is 13.1. The molecule has 0 saturated carbocycles. The molecule has 1 aliphatic heterocycles. The molecule has 0 aliphatic carbocycles. The van der Waals surface area contributed by atoms with Gasteiger partial charge in [0.2, 0.25) is 0 Å². The van der Waals surface area contributed by atoms with Gasteiger partial charge >= 0.3 is 5.97 Å². The van der Waals surface area contributed by atoms with Crippen LogP contribution in [0.5, 0.6) is 0 Å². The fourth-order valence-electron chi connectivity index (χ4n) is 3.12. The van der Waals surface area contributed by atoms with Crippen LogP contribution >= 0.6 is 0 Å². The lowest BCUT2D eigenvalue weighted by molar-refractivity contribution is -0.137. The zero-order valence-corrected chi connectivity index (χ0v) is 11.6. The third kappa shape index (κ3) is 2.55. The van der Waals surface area contributed by atoms with E-state index in [1.807, 2.05) is 36.4 Å². The molecule has 4 heteroatoms. The van der Waals surface area contributed by atoms with Crippen LogP contribution in [0, 0.1) is 17.2 Å². The Bertz CT molecular complexity index is 733. The van der Waals surface area contributed by atoms with Crippen LogP contribution in [0.25, 0.3) is 10.8 Å². The van der Waals surface area contributed by atoms with E-state index in [0.717, 1.165) is 36.0 Å². The molecule has 4 nitrogen and oxygen atoms in total. The maximum atomic E-state index is 10.8. The van der Waals surface area contributed by atoms with Crippen LogP contribution in [-0.2, 0) is 4.79 Å². The van der Waals surface area contributed by atoms with Crippen LogP contribution < -0.4 is 4.90 Å². The standard InChI is InChI=1S/C17H16N2O2/c18-10-13-5-6-16(15-4-2-1-3-14(13)15)19-8-7-12(11-19)9-17(20)21/h1-6,12H,7-9,11H2,(H,20,21). The molecule has 0 aromatic heterocycles. The van der Waals surface area contributed by atoms with E-state index in [1.54, 1.807) is 0 Å². The molecule has 1 heterocycles. The van der Waals surface area contributed by atoms with E-state index in [0.29, 0.717) is 5.56 Å². The quantitative estimate of drug-likeness (QED) is 0.938. The van der Waals surface area contributed by atoms with Crippen molar-refractivity contribution in [2.45, 2.75) is 12.8 Å². The van der Waals surface area contributed by atoms with Crippen LogP contribution in [0.4, 0.5) is 5.69 Å². The molecule has 1 unspecified atom stereocenters. The minimum absolute atomic E-state index is 0.205. The highest BCUT2D eigenvalue weighted by Crippen LogP contribution is 2.33. The number of rotatable bonds is 3. The predicted molar refractivity (Wildman–Crippen MR) is 81.2 cm³/mol. The van der Waals surface area contributed by atoms with Crippen LogP contribution in [-0.4, -0.2) is 24.2 Å². The molecule has 2 aromatic rings. The molecule has 1 aliphatic rings. The summed E-state index contributed by atoms with van der Waals surface area (Å²) in [6.07, 6.45) is 1.13. The zero-order chi connectivity index (χ0) is 14.8. The minimum Gasteiger partial charge on any atom is -0.481 e. The largest absolute Gasteiger partial charge is 0.481 e. The number of hydrogen-bond acceptors (Lipinski definition) is 3. The summed E-state index contributed by atoms with van der Waals surface area (Å²) in [5.74, 6) is -0.525. The second kappa shape index (κ2) is 5.45. The van der Waals surface area contributed by atoms with E-state index in [1.165, 1.54) is 0 Å². The van der Waals surface area contributed by atoms with Crippen molar-refractivity contribution in [3.63, 3.8) is 0 Å². The lowest BCUT2D eigenvalue weighted by atomic mass is 10.0. The number of anilines is 1. The molecule has 1 saturated heterocycles. The molecular weight excluding hydrogens is 264 g/mol. The maximum Gasteiger partial charge on any atom is 0.303 e. The Labute approximate surface area is 123 Å². The molecule has 0 amide bonds. The van der Waals surface area contributed by atoms with E-state index in [4.69, 9.17) is 5.11 Å². The highest BCUT2D eigenvalue weighted by Gasteiger charge is 2.25. The Balaban J connectivity index is 1.96. The van der Waals surface area contributed by atoms with Crippen molar-refractivity contribution in [1.82, 2.24) is 0 Å². The van der Waals surface area contributed by atoms with Gasteiger partial charge in [0.25, 0.3) is 0 Å². The zero-order valence-electron chi connectivity index (χ0n) is 11.6. The van der Waals surface area contributed by atoms with E-state index >= 15 is 0 Å². The lowest BCUT2D eigenvalue weighted by Crippen LogP contribution is -2.20. The Morgan fingerprint density at radius 1 is 1.29 bits per heavy atom. The molecule has 0 bridgehead atoms. The van der Waals surface area contributed by atoms with E-state index in [2.05, 4.69) is 11.0 Å². The van der Waals surface area contributed by atoms with Gasteiger partial charge in [-0.05, 0) is 24.5 Å². The number of nitrogens with zero attached hydrogens (tertiary/aromatic N) is 2. The summed E-state index contributed by atoms with van der Waals surface area (Å²) in [5.41, 5.74) is 1.77. The van der Waals surface area contributed by atoms with Crippen LogP contribution in [0.3, 0.4) is 0 Å². The number of carbonyl (C=O) groups is 1. The Kier molecular flexibility index (Phi) is 3.49. The first kappa shape index (κ1) is 13.4. The van der Waals surface area contributed by atoms with Gasteiger partial charge in [0, 0.05) is 36.0 Å². The van der Waals surface area contributed by atoms with Crippen molar-refractivity contribution in [3.05, 3.63) is 42.0 Å². The average molecular weight is 280 g/mol. The number of fused-ring (bicyclic) bond motifs is 1. The van der Waals surface area contributed by atoms with Crippen LogP contribution in [0.2, 0.25) is 0 Å². The minimum atomic E-state index is -0.730. The number of carboxylic acid groups (broad SMARTS) is 1. The van der Waals surface area contributed by atoms with Crippen LogP contribution in [0.15, 0.2) is 36.4 Å². The van der Waals surface area contributed by atoms with Crippen molar-refractivity contribution < 1.29 is 9.90 Å². The molecule has 1 fully saturated rings. The number of carboxylic acids is 1. The predicted octanol–water partition coefficient (Wildman–Crippen LogP) is 3.01. The maximum absolute atomic E-state index is 10.8. The van der Waals surface area contributed by atoms with Gasteiger partial charge in [0.1, 0.15) is 0 Å². The van der Waals surface area contributed by atoms with Crippen LogP contribution in [0.1, 0.15) is 18.4 Å². The van der Waals surface area contributed by atoms with Gasteiger partial charge in [-0.3, -0.25) is 4.79 Å². The molecule has 21 heavy (non-hydrogen) atoms. The molecule has 1 atom stereocenters. The van der Waals surface area contributed by atoms with Crippen molar-refractivity contribution in [3.8, 4) is 6.07 Å². The molecule has 1 N–H and O–H groups in total. The number of nitriles is 1. The molecule has 106 valence electrons. The second-order valence-electron chi connectivity index (χ2n) is 5.49. The SMILES string of the molecule is N#Cc1ccc(N2CCC(CC(=O)O)C2)c2ccccc12. The first-order chi connectivity index (χ1) is 10.2. The number of hydrogen-bond donors (Lipinski definition) is 1. The van der Waals surface area contributed by atoms with Crippen molar-refractivity contribution >= 4 is 22.4 Å². The number of benzene rings is 2. The summed E-state index contributed by atoms with van der Waals surface area (Å²) in [7, 11) is 0. The Hall–Kier alpha value is -2.54. The van der Waals surface area contributed by atoms with Crippen molar-refractivity contribution in [2.24, 2.45) is 5.92 Å². The van der Waals surface area contributed by atoms with E-state index in [-0.39, 0.29) is 12.3 Å². The highest BCUT2D eigenvalue weighted by molar-refractivity contribution is 5.97. The summed E-state index contributed by atoms with van der Waals surface area (Å²) in [5, 5.41) is 20.1. The molecular formula is C17H16N2O2. The fourth-order valence-corrected chi connectivity index (χ4v) is 3.12. The second-order valence-corrected chi connectivity index (χ2v) is 5.49. The van der Waals surface area contributed by atoms with Gasteiger partial charge in [0.15, 0.2) is 0 Å². The molecule has 2 aromatic carbocycles. The third-order valence-electron chi connectivity index (χ3n) is 4.11. The fraction of sp³-hybridized carbons (Fsp3) is 0.294. The summed E-state index contributed by atoms with van der Waals surface area (Å²) < 4.78 is 0. The molecule has 0 radical (unpaired) electrons. The number of aliphatic carboxylic acids is 1. The lowest BCUT2D eigenvalue weighted by Gasteiger charge is -2.21. The van der Waals surface area contributed by atoms with Gasteiger partial charge < -0.3 is 10.0 Å².